The second-order valence-corrected chi connectivity index (χ2v) is 5.52. The number of aryl methyl sites for hydroxylation is 2. The Labute approximate surface area is 128 Å². The van der Waals surface area contributed by atoms with Crippen LogP contribution in [0.25, 0.3) is 11.4 Å². The molecule has 3 aromatic rings. The molecule has 1 aromatic carbocycles. The summed E-state index contributed by atoms with van der Waals surface area (Å²) in [5.74, 6) is 2.67. The molecular weight excluding hydrogens is 282 g/mol. The molecule has 4 nitrogen and oxygen atoms in total. The lowest BCUT2D eigenvalue weighted by Crippen LogP contribution is -2.09. The van der Waals surface area contributed by atoms with Crippen LogP contribution in [-0.4, -0.2) is 14.8 Å². The number of benzene rings is 1. The standard InChI is InChI=1S/C16H17N3OS/c1-10-9-14(12(3)20-10)11(2)19-15(17-18-16(19)21)13-7-5-4-6-8-13/h4-9,11H,1-3H3,(H,18,21). The van der Waals surface area contributed by atoms with Crippen LogP contribution in [0.1, 0.15) is 30.0 Å². The summed E-state index contributed by atoms with van der Waals surface area (Å²) in [5, 5.41) is 7.28. The van der Waals surface area contributed by atoms with Crippen molar-refractivity contribution in [3.05, 3.63) is 58.3 Å². The van der Waals surface area contributed by atoms with E-state index >= 15 is 0 Å². The van der Waals surface area contributed by atoms with Crippen LogP contribution in [0.3, 0.4) is 0 Å². The quantitative estimate of drug-likeness (QED) is 0.728. The van der Waals surface area contributed by atoms with E-state index in [9.17, 15) is 0 Å². The van der Waals surface area contributed by atoms with Crippen LogP contribution in [0.4, 0.5) is 0 Å². The van der Waals surface area contributed by atoms with Gasteiger partial charge in [0.2, 0.25) is 0 Å². The van der Waals surface area contributed by atoms with Crippen molar-refractivity contribution in [3.8, 4) is 11.4 Å². The van der Waals surface area contributed by atoms with Crippen molar-refractivity contribution in [3.63, 3.8) is 0 Å². The highest BCUT2D eigenvalue weighted by molar-refractivity contribution is 7.71. The van der Waals surface area contributed by atoms with Gasteiger partial charge < -0.3 is 4.42 Å². The molecule has 108 valence electrons. The Morgan fingerprint density at radius 3 is 2.57 bits per heavy atom. The van der Waals surface area contributed by atoms with Crippen LogP contribution in [0.2, 0.25) is 0 Å². The number of hydrogen-bond acceptors (Lipinski definition) is 3. The lowest BCUT2D eigenvalue weighted by atomic mass is 10.1. The molecule has 21 heavy (non-hydrogen) atoms. The Kier molecular flexibility index (Phi) is 3.51. The third-order valence-electron chi connectivity index (χ3n) is 3.65. The Morgan fingerprint density at radius 2 is 1.95 bits per heavy atom. The number of nitrogens with zero attached hydrogens (tertiary/aromatic N) is 2. The molecule has 1 atom stereocenters. The zero-order chi connectivity index (χ0) is 15.0. The lowest BCUT2D eigenvalue weighted by molar-refractivity contribution is 0.494. The molecule has 0 aliphatic heterocycles. The minimum Gasteiger partial charge on any atom is -0.466 e. The molecule has 1 N–H and O–H groups in total. The summed E-state index contributed by atoms with van der Waals surface area (Å²) in [5.41, 5.74) is 2.16. The SMILES string of the molecule is Cc1cc(C(C)n2c(-c3ccccc3)n[nH]c2=S)c(C)o1. The maximum absolute atomic E-state index is 5.64. The topological polar surface area (TPSA) is 46.8 Å². The van der Waals surface area contributed by atoms with Crippen molar-refractivity contribution in [1.29, 1.82) is 0 Å². The maximum atomic E-state index is 5.64. The molecule has 5 heteroatoms. The van der Waals surface area contributed by atoms with E-state index in [1.807, 2.05) is 48.7 Å². The summed E-state index contributed by atoms with van der Waals surface area (Å²) >= 11 is 5.41. The Balaban J connectivity index is 2.13. The average molecular weight is 299 g/mol. The summed E-state index contributed by atoms with van der Waals surface area (Å²) in [6.45, 7) is 6.04. The first-order chi connectivity index (χ1) is 10.1. The molecular formula is C16H17N3OS. The molecule has 1 unspecified atom stereocenters. The first-order valence-corrected chi connectivity index (χ1v) is 7.28. The number of H-pyrrole nitrogens is 1. The first kappa shape index (κ1) is 13.8. The van der Waals surface area contributed by atoms with Crippen LogP contribution in [0.15, 0.2) is 40.8 Å². The normalized spacial score (nSPS) is 12.5. The van der Waals surface area contributed by atoms with Gasteiger partial charge in [0.05, 0.1) is 6.04 Å². The molecule has 0 aliphatic rings. The van der Waals surface area contributed by atoms with Crippen molar-refractivity contribution in [2.24, 2.45) is 0 Å². The number of nitrogens with one attached hydrogen (secondary N) is 1. The summed E-state index contributed by atoms with van der Waals surface area (Å²) in [7, 11) is 0. The van der Waals surface area contributed by atoms with Gasteiger partial charge in [0.1, 0.15) is 11.5 Å². The van der Waals surface area contributed by atoms with Crippen molar-refractivity contribution in [2.45, 2.75) is 26.8 Å². The molecule has 0 bridgehead atoms. The summed E-state index contributed by atoms with van der Waals surface area (Å²) in [4.78, 5) is 0. The average Bonchev–Trinajstić information content (AvgIpc) is 3.02. The minimum atomic E-state index is 0.0592. The van der Waals surface area contributed by atoms with E-state index < -0.39 is 0 Å². The van der Waals surface area contributed by atoms with Crippen molar-refractivity contribution in [2.75, 3.05) is 0 Å². The molecule has 0 fully saturated rings. The number of aromatic nitrogens is 3. The van der Waals surface area contributed by atoms with Crippen LogP contribution in [0, 0.1) is 18.6 Å². The first-order valence-electron chi connectivity index (χ1n) is 6.87. The molecule has 2 heterocycles. The van der Waals surface area contributed by atoms with E-state index in [4.69, 9.17) is 16.6 Å². The largest absolute Gasteiger partial charge is 0.466 e. The molecule has 0 saturated heterocycles. The van der Waals surface area contributed by atoms with Crippen LogP contribution >= 0.6 is 12.2 Å². The van der Waals surface area contributed by atoms with Gasteiger partial charge in [0.25, 0.3) is 0 Å². The molecule has 3 rings (SSSR count). The summed E-state index contributed by atoms with van der Waals surface area (Å²) in [6.07, 6.45) is 0. The van der Waals surface area contributed by atoms with Gasteiger partial charge in [0, 0.05) is 11.1 Å². The van der Waals surface area contributed by atoms with E-state index in [0.717, 1.165) is 28.5 Å². The van der Waals surface area contributed by atoms with E-state index in [2.05, 4.69) is 23.2 Å². The van der Waals surface area contributed by atoms with E-state index in [1.54, 1.807) is 0 Å². The zero-order valence-electron chi connectivity index (χ0n) is 12.3. The van der Waals surface area contributed by atoms with Crippen LogP contribution in [-0.2, 0) is 0 Å². The second kappa shape index (κ2) is 5.33. The summed E-state index contributed by atoms with van der Waals surface area (Å²) in [6, 6.07) is 12.2. The van der Waals surface area contributed by atoms with E-state index in [0.29, 0.717) is 4.77 Å². The van der Waals surface area contributed by atoms with Crippen LogP contribution < -0.4 is 0 Å². The molecule has 0 spiro atoms. The van der Waals surface area contributed by atoms with E-state index in [-0.39, 0.29) is 6.04 Å². The smallest absolute Gasteiger partial charge is 0.196 e. The highest BCUT2D eigenvalue weighted by atomic mass is 32.1. The molecule has 0 radical (unpaired) electrons. The second-order valence-electron chi connectivity index (χ2n) is 5.13. The predicted molar refractivity (Wildman–Crippen MR) is 84.8 cm³/mol. The third-order valence-corrected chi connectivity index (χ3v) is 3.94. The van der Waals surface area contributed by atoms with E-state index in [1.165, 1.54) is 0 Å². The zero-order valence-corrected chi connectivity index (χ0v) is 13.1. The van der Waals surface area contributed by atoms with Crippen LogP contribution in [0.5, 0.6) is 0 Å². The predicted octanol–water partition coefficient (Wildman–Crippen LogP) is 4.43. The Morgan fingerprint density at radius 1 is 1.24 bits per heavy atom. The Bertz CT molecular complexity index is 814. The number of rotatable bonds is 3. The van der Waals surface area contributed by atoms with Gasteiger partial charge in [-0.25, -0.2) is 0 Å². The highest BCUT2D eigenvalue weighted by Crippen LogP contribution is 2.28. The van der Waals surface area contributed by atoms with Gasteiger partial charge in [-0.15, -0.1) is 0 Å². The molecule has 2 aromatic heterocycles. The fraction of sp³-hybridized carbons (Fsp3) is 0.250. The summed E-state index contributed by atoms with van der Waals surface area (Å²) < 4.78 is 8.28. The molecule has 0 aliphatic carbocycles. The van der Waals surface area contributed by atoms with Crippen molar-refractivity contribution < 1.29 is 4.42 Å². The van der Waals surface area contributed by atoms with Gasteiger partial charge in [-0.1, -0.05) is 30.3 Å². The minimum absolute atomic E-state index is 0.0592. The lowest BCUT2D eigenvalue weighted by Gasteiger charge is -2.15. The number of hydrogen-bond donors (Lipinski definition) is 1. The van der Waals surface area contributed by atoms with Crippen molar-refractivity contribution >= 4 is 12.2 Å². The fourth-order valence-corrected chi connectivity index (χ4v) is 2.95. The third kappa shape index (κ3) is 2.45. The molecule has 0 saturated carbocycles. The highest BCUT2D eigenvalue weighted by Gasteiger charge is 2.19. The number of aromatic amines is 1. The molecule has 0 amide bonds. The van der Waals surface area contributed by atoms with Gasteiger partial charge >= 0.3 is 0 Å². The number of furan rings is 1. The van der Waals surface area contributed by atoms with Crippen molar-refractivity contribution in [1.82, 2.24) is 14.8 Å². The monoisotopic (exact) mass is 299 g/mol. The maximum Gasteiger partial charge on any atom is 0.196 e. The Hall–Kier alpha value is -2.14. The van der Waals surface area contributed by atoms with Gasteiger partial charge in [-0.05, 0) is 39.1 Å². The van der Waals surface area contributed by atoms with Gasteiger partial charge in [-0.3, -0.25) is 9.67 Å². The van der Waals surface area contributed by atoms with Gasteiger partial charge in [-0.2, -0.15) is 5.10 Å². The van der Waals surface area contributed by atoms with Gasteiger partial charge in [0.15, 0.2) is 10.6 Å². The fourth-order valence-electron chi connectivity index (χ4n) is 2.66.